The number of hydrogen-bond acceptors (Lipinski definition) is 2. The normalized spacial score (nSPS) is 11.7. The van der Waals surface area contributed by atoms with E-state index >= 15 is 0 Å². The highest BCUT2D eigenvalue weighted by molar-refractivity contribution is 5.75. The molecule has 1 aromatic carbocycles. The van der Waals surface area contributed by atoms with Gasteiger partial charge >= 0.3 is 6.09 Å². The van der Waals surface area contributed by atoms with Gasteiger partial charge in [0.25, 0.3) is 0 Å². The molecule has 0 fully saturated rings. The van der Waals surface area contributed by atoms with Crippen molar-refractivity contribution in [3.8, 4) is 0 Å². The molecule has 0 saturated carbocycles. The third-order valence-electron chi connectivity index (χ3n) is 2.86. The summed E-state index contributed by atoms with van der Waals surface area (Å²) in [5.41, 5.74) is 1.05. The van der Waals surface area contributed by atoms with Gasteiger partial charge < -0.3 is 15.3 Å². The lowest BCUT2D eigenvalue weighted by molar-refractivity contribution is -0.128. The van der Waals surface area contributed by atoms with Crippen molar-refractivity contribution in [2.24, 2.45) is 0 Å². The summed E-state index contributed by atoms with van der Waals surface area (Å²) in [6.45, 7) is 0. The van der Waals surface area contributed by atoms with Crippen LogP contribution in [0.5, 0.6) is 0 Å². The Morgan fingerprint density at radius 3 is 2.42 bits per heavy atom. The van der Waals surface area contributed by atoms with Crippen LogP contribution in [0, 0.1) is 0 Å². The van der Waals surface area contributed by atoms with Crippen LogP contribution in [0.25, 0.3) is 0 Å². The van der Waals surface area contributed by atoms with Crippen molar-refractivity contribution in [3.63, 3.8) is 0 Å². The third kappa shape index (κ3) is 5.90. The summed E-state index contributed by atoms with van der Waals surface area (Å²) < 4.78 is 0. The first kappa shape index (κ1) is 15.0. The molecule has 2 N–H and O–H groups in total. The number of carbonyl (C=O) groups excluding carboxylic acids is 1. The summed E-state index contributed by atoms with van der Waals surface area (Å²) in [4.78, 5) is 23.8. The zero-order valence-electron chi connectivity index (χ0n) is 11.3. The van der Waals surface area contributed by atoms with Gasteiger partial charge in [-0.2, -0.15) is 0 Å². The van der Waals surface area contributed by atoms with Gasteiger partial charge in [0, 0.05) is 26.6 Å². The number of nitrogens with one attached hydrogen (secondary N) is 1. The quantitative estimate of drug-likeness (QED) is 0.822. The monoisotopic (exact) mass is 264 g/mol. The van der Waals surface area contributed by atoms with Gasteiger partial charge in [0.05, 0.1) is 0 Å². The summed E-state index contributed by atoms with van der Waals surface area (Å²) in [6.07, 6.45) is 0.370. The molecule has 5 heteroatoms. The smallest absolute Gasteiger partial charge is 0.404 e. The van der Waals surface area contributed by atoms with E-state index in [4.69, 9.17) is 5.11 Å². The van der Waals surface area contributed by atoms with E-state index in [1.807, 2.05) is 30.3 Å². The number of rotatable bonds is 6. The second kappa shape index (κ2) is 7.41. The van der Waals surface area contributed by atoms with Gasteiger partial charge in [0.15, 0.2) is 0 Å². The summed E-state index contributed by atoms with van der Waals surface area (Å²) >= 11 is 0. The highest BCUT2D eigenvalue weighted by Gasteiger charge is 2.15. The molecule has 0 aliphatic rings. The summed E-state index contributed by atoms with van der Waals surface area (Å²) in [6, 6.07) is 9.40. The maximum Gasteiger partial charge on any atom is 0.404 e. The molecule has 1 atom stereocenters. The van der Waals surface area contributed by atoms with E-state index in [2.05, 4.69) is 5.32 Å². The van der Waals surface area contributed by atoms with E-state index in [-0.39, 0.29) is 11.9 Å². The lowest BCUT2D eigenvalue weighted by atomic mass is 10.0. The van der Waals surface area contributed by atoms with Crippen LogP contribution in [0.1, 0.15) is 18.4 Å². The van der Waals surface area contributed by atoms with E-state index in [9.17, 15) is 9.59 Å². The minimum absolute atomic E-state index is 0.00486. The van der Waals surface area contributed by atoms with Crippen LogP contribution in [-0.2, 0) is 11.2 Å². The van der Waals surface area contributed by atoms with Crippen molar-refractivity contribution in [1.29, 1.82) is 0 Å². The second-order valence-electron chi connectivity index (χ2n) is 4.66. The summed E-state index contributed by atoms with van der Waals surface area (Å²) in [7, 11) is 3.39. The van der Waals surface area contributed by atoms with Gasteiger partial charge in [0.2, 0.25) is 5.91 Å². The molecule has 19 heavy (non-hydrogen) atoms. The minimum Gasteiger partial charge on any atom is -0.465 e. The molecule has 1 rings (SSSR count). The zero-order chi connectivity index (χ0) is 14.3. The molecule has 0 spiro atoms. The Hall–Kier alpha value is -2.04. The van der Waals surface area contributed by atoms with E-state index < -0.39 is 6.09 Å². The predicted molar refractivity (Wildman–Crippen MR) is 73.0 cm³/mol. The SMILES string of the molecule is CN(C)C(=O)CCC(Cc1ccccc1)NC(=O)O. The highest BCUT2D eigenvalue weighted by Crippen LogP contribution is 2.08. The topological polar surface area (TPSA) is 69.6 Å². The molecule has 0 heterocycles. The van der Waals surface area contributed by atoms with Crippen molar-refractivity contribution < 1.29 is 14.7 Å². The van der Waals surface area contributed by atoms with Crippen molar-refractivity contribution in [1.82, 2.24) is 10.2 Å². The van der Waals surface area contributed by atoms with Gasteiger partial charge in [-0.05, 0) is 18.4 Å². The average Bonchev–Trinajstić information content (AvgIpc) is 2.36. The molecule has 0 aliphatic carbocycles. The molecular weight excluding hydrogens is 244 g/mol. The molecule has 0 aliphatic heterocycles. The van der Waals surface area contributed by atoms with Crippen LogP contribution >= 0.6 is 0 Å². The van der Waals surface area contributed by atoms with Crippen LogP contribution in [0.3, 0.4) is 0 Å². The van der Waals surface area contributed by atoms with Crippen LogP contribution in [0.4, 0.5) is 4.79 Å². The largest absolute Gasteiger partial charge is 0.465 e. The van der Waals surface area contributed by atoms with Crippen LogP contribution in [-0.4, -0.2) is 42.1 Å². The lowest BCUT2D eigenvalue weighted by Crippen LogP contribution is -2.36. The van der Waals surface area contributed by atoms with Crippen LogP contribution in [0.15, 0.2) is 30.3 Å². The Kier molecular flexibility index (Phi) is 5.85. The van der Waals surface area contributed by atoms with E-state index in [1.54, 1.807) is 14.1 Å². The number of hydrogen-bond donors (Lipinski definition) is 2. The van der Waals surface area contributed by atoms with Gasteiger partial charge in [0.1, 0.15) is 0 Å². The molecule has 0 radical (unpaired) electrons. The fraction of sp³-hybridized carbons (Fsp3) is 0.429. The summed E-state index contributed by atoms with van der Waals surface area (Å²) in [5, 5.41) is 11.3. The molecule has 104 valence electrons. The molecule has 0 bridgehead atoms. The third-order valence-corrected chi connectivity index (χ3v) is 2.86. The van der Waals surface area contributed by atoms with E-state index in [0.29, 0.717) is 19.3 Å². The number of benzene rings is 1. The summed E-state index contributed by atoms with van der Waals surface area (Å²) in [5.74, 6) is 0.00486. The number of nitrogens with zero attached hydrogens (tertiary/aromatic N) is 1. The first-order chi connectivity index (χ1) is 8.99. The standard InChI is InChI=1S/C14H20N2O3/c1-16(2)13(17)9-8-12(15-14(18)19)10-11-6-4-3-5-7-11/h3-7,12,15H,8-10H2,1-2H3,(H,18,19). The first-order valence-corrected chi connectivity index (χ1v) is 6.22. The minimum atomic E-state index is -1.06. The second-order valence-corrected chi connectivity index (χ2v) is 4.66. The molecule has 1 aromatic rings. The fourth-order valence-corrected chi connectivity index (χ4v) is 1.82. The van der Waals surface area contributed by atoms with E-state index in [0.717, 1.165) is 5.56 Å². The van der Waals surface area contributed by atoms with Gasteiger partial charge in [-0.25, -0.2) is 4.79 Å². The van der Waals surface area contributed by atoms with Crippen molar-refractivity contribution in [3.05, 3.63) is 35.9 Å². The van der Waals surface area contributed by atoms with Crippen molar-refractivity contribution >= 4 is 12.0 Å². The molecule has 2 amide bonds. The predicted octanol–water partition coefficient (Wildman–Crippen LogP) is 1.73. The average molecular weight is 264 g/mol. The Balaban J connectivity index is 2.57. The van der Waals surface area contributed by atoms with Gasteiger partial charge in [-0.3, -0.25) is 4.79 Å². The Bertz CT molecular complexity index is 418. The van der Waals surface area contributed by atoms with Crippen LogP contribution in [0.2, 0.25) is 0 Å². The Morgan fingerprint density at radius 1 is 1.26 bits per heavy atom. The van der Waals surface area contributed by atoms with E-state index in [1.165, 1.54) is 4.90 Å². The number of carboxylic acid groups (broad SMARTS) is 1. The van der Waals surface area contributed by atoms with Gasteiger partial charge in [-0.15, -0.1) is 0 Å². The highest BCUT2D eigenvalue weighted by atomic mass is 16.4. The molecule has 0 saturated heterocycles. The Morgan fingerprint density at radius 2 is 1.89 bits per heavy atom. The molecule has 0 aromatic heterocycles. The Labute approximate surface area is 113 Å². The van der Waals surface area contributed by atoms with Crippen LogP contribution < -0.4 is 5.32 Å². The number of carbonyl (C=O) groups is 2. The number of amides is 2. The zero-order valence-corrected chi connectivity index (χ0v) is 11.3. The van der Waals surface area contributed by atoms with Crippen molar-refractivity contribution in [2.45, 2.75) is 25.3 Å². The van der Waals surface area contributed by atoms with Gasteiger partial charge in [-0.1, -0.05) is 30.3 Å². The van der Waals surface area contributed by atoms with Crippen molar-refractivity contribution in [2.75, 3.05) is 14.1 Å². The fourth-order valence-electron chi connectivity index (χ4n) is 1.82. The molecular formula is C14H20N2O3. The maximum absolute atomic E-state index is 11.5. The molecule has 1 unspecified atom stereocenters. The first-order valence-electron chi connectivity index (χ1n) is 6.22. The maximum atomic E-state index is 11.5. The molecule has 5 nitrogen and oxygen atoms in total. The lowest BCUT2D eigenvalue weighted by Gasteiger charge is -2.18.